The minimum atomic E-state index is -0.679. The summed E-state index contributed by atoms with van der Waals surface area (Å²) in [5.41, 5.74) is 0. The monoisotopic (exact) mass is 876 g/mol. The zero-order valence-electron chi connectivity index (χ0n) is 41.9. The van der Waals surface area contributed by atoms with Crippen LogP contribution in [0, 0.1) is 0 Å². The number of allylic oxidation sites excluding steroid dienone is 2. The van der Waals surface area contributed by atoms with Crippen molar-refractivity contribution >= 4 is 11.9 Å². The summed E-state index contributed by atoms with van der Waals surface area (Å²) in [6.07, 6.45) is 60.5. The van der Waals surface area contributed by atoms with Crippen LogP contribution >= 0.6 is 0 Å². The van der Waals surface area contributed by atoms with Gasteiger partial charge in [0.05, 0.1) is 25.4 Å². The molecule has 2 unspecified atom stereocenters. The summed E-state index contributed by atoms with van der Waals surface area (Å²) in [5.74, 6) is -0.0821. The molecule has 0 saturated carbocycles. The first-order valence-corrected chi connectivity index (χ1v) is 27.9. The molecule has 2 atom stereocenters. The molecule has 0 aliphatic heterocycles. The number of hydrogen-bond donors (Lipinski definition) is 3. The Kier molecular flexibility index (Phi) is 51.0. The van der Waals surface area contributed by atoms with Gasteiger partial charge in [0.1, 0.15) is 0 Å². The second-order valence-electron chi connectivity index (χ2n) is 19.3. The maximum Gasteiger partial charge on any atom is 0.305 e. The van der Waals surface area contributed by atoms with Crippen molar-refractivity contribution < 1.29 is 24.5 Å². The van der Waals surface area contributed by atoms with Gasteiger partial charge in [-0.25, -0.2) is 0 Å². The second kappa shape index (κ2) is 52.2. The third-order valence-electron chi connectivity index (χ3n) is 13.1. The Morgan fingerprint density at radius 3 is 1.16 bits per heavy atom. The lowest BCUT2D eigenvalue weighted by molar-refractivity contribution is -0.143. The molecule has 3 N–H and O–H groups in total. The minimum Gasteiger partial charge on any atom is -0.466 e. The van der Waals surface area contributed by atoms with Crippen LogP contribution in [0.4, 0.5) is 0 Å². The van der Waals surface area contributed by atoms with Crippen molar-refractivity contribution in [2.24, 2.45) is 0 Å². The van der Waals surface area contributed by atoms with Crippen molar-refractivity contribution in [3.05, 3.63) is 12.2 Å². The molecule has 0 fully saturated rings. The van der Waals surface area contributed by atoms with Gasteiger partial charge in [-0.3, -0.25) is 9.59 Å². The minimum absolute atomic E-state index is 0.0270. The lowest BCUT2D eigenvalue weighted by atomic mass is 10.0. The van der Waals surface area contributed by atoms with E-state index in [9.17, 15) is 19.8 Å². The largest absolute Gasteiger partial charge is 0.466 e. The number of aliphatic hydroxyl groups excluding tert-OH is 2. The van der Waals surface area contributed by atoms with E-state index < -0.39 is 12.1 Å². The molecule has 0 aromatic rings. The van der Waals surface area contributed by atoms with Crippen LogP contribution < -0.4 is 5.32 Å². The molecular formula is C56H109NO5. The van der Waals surface area contributed by atoms with Gasteiger partial charge in [-0.15, -0.1) is 0 Å². The van der Waals surface area contributed by atoms with E-state index in [1.165, 1.54) is 218 Å². The fourth-order valence-corrected chi connectivity index (χ4v) is 8.75. The third-order valence-corrected chi connectivity index (χ3v) is 13.1. The number of nitrogens with one attached hydrogen (secondary N) is 1. The van der Waals surface area contributed by atoms with Gasteiger partial charge in [-0.05, 0) is 51.4 Å². The van der Waals surface area contributed by atoms with Gasteiger partial charge in [0.2, 0.25) is 5.91 Å². The molecule has 0 bridgehead atoms. The number of aliphatic hydroxyl groups is 2. The molecule has 0 radical (unpaired) electrons. The van der Waals surface area contributed by atoms with Gasteiger partial charge in [-0.1, -0.05) is 257 Å². The zero-order valence-corrected chi connectivity index (χ0v) is 41.9. The van der Waals surface area contributed by atoms with Crippen LogP contribution in [0.15, 0.2) is 12.2 Å². The lowest BCUT2D eigenvalue weighted by Gasteiger charge is -2.22. The summed E-state index contributed by atoms with van der Waals surface area (Å²) in [4.78, 5) is 24.5. The molecule has 0 rings (SSSR count). The van der Waals surface area contributed by atoms with Crippen molar-refractivity contribution in [2.45, 2.75) is 321 Å². The van der Waals surface area contributed by atoms with Gasteiger partial charge in [0, 0.05) is 12.8 Å². The van der Waals surface area contributed by atoms with Crippen LogP contribution in [-0.2, 0) is 14.3 Å². The molecule has 0 saturated heterocycles. The van der Waals surface area contributed by atoms with Crippen LogP contribution in [0.2, 0.25) is 0 Å². The van der Waals surface area contributed by atoms with Crippen molar-refractivity contribution in [3.63, 3.8) is 0 Å². The SMILES string of the molecule is CCCCCC/C=C\CCCCCCCC(=O)OCCCCCCCCCCCCC(=O)NC(CO)C(O)CCCCCCCCCCCCCCCCCCCCCCCC. The van der Waals surface area contributed by atoms with Gasteiger partial charge < -0.3 is 20.3 Å². The van der Waals surface area contributed by atoms with E-state index in [1.807, 2.05) is 0 Å². The molecule has 0 spiro atoms. The van der Waals surface area contributed by atoms with Crippen molar-refractivity contribution in [1.82, 2.24) is 5.32 Å². The Morgan fingerprint density at radius 1 is 0.435 bits per heavy atom. The summed E-state index contributed by atoms with van der Waals surface area (Å²) < 4.78 is 5.45. The molecule has 0 aliphatic carbocycles. The predicted molar refractivity (Wildman–Crippen MR) is 269 cm³/mol. The summed E-state index contributed by atoms with van der Waals surface area (Å²) in [6, 6.07) is -0.559. The molecule has 0 aromatic carbocycles. The molecule has 368 valence electrons. The molecular weight excluding hydrogens is 767 g/mol. The standard InChI is InChI=1S/C56H109NO5/c1-3-5-7-9-11-13-15-17-18-19-20-21-22-23-24-25-27-28-32-36-40-44-48-54(59)53(52-58)57-55(60)49-45-41-37-33-30-31-35-39-43-47-51-62-56(61)50-46-42-38-34-29-26-16-14-12-10-8-6-4-2/h14,16,53-54,58-59H,3-13,15,17-52H2,1-2H3,(H,57,60)/b16-14-. The molecule has 6 nitrogen and oxygen atoms in total. The topological polar surface area (TPSA) is 95.9 Å². The molecule has 0 heterocycles. The smallest absolute Gasteiger partial charge is 0.305 e. The number of unbranched alkanes of at least 4 members (excludes halogenated alkanes) is 39. The number of amides is 1. The van der Waals surface area contributed by atoms with E-state index in [0.29, 0.717) is 25.9 Å². The Morgan fingerprint density at radius 2 is 0.758 bits per heavy atom. The zero-order chi connectivity index (χ0) is 45.1. The molecule has 0 aliphatic rings. The molecule has 62 heavy (non-hydrogen) atoms. The van der Waals surface area contributed by atoms with E-state index in [4.69, 9.17) is 4.74 Å². The first kappa shape index (κ1) is 60.6. The van der Waals surface area contributed by atoms with Crippen LogP contribution in [0.5, 0.6) is 0 Å². The summed E-state index contributed by atoms with van der Waals surface area (Å²) in [5, 5.41) is 23.3. The fraction of sp³-hybridized carbons (Fsp3) is 0.929. The normalized spacial score (nSPS) is 12.6. The number of carbonyl (C=O) groups is 2. The summed E-state index contributed by atoms with van der Waals surface area (Å²) in [7, 11) is 0. The summed E-state index contributed by atoms with van der Waals surface area (Å²) >= 11 is 0. The lowest BCUT2D eigenvalue weighted by Crippen LogP contribution is -2.45. The van der Waals surface area contributed by atoms with Crippen molar-refractivity contribution in [2.75, 3.05) is 13.2 Å². The number of carbonyl (C=O) groups excluding carboxylic acids is 2. The van der Waals surface area contributed by atoms with Crippen LogP contribution in [0.1, 0.15) is 309 Å². The molecule has 0 aromatic heterocycles. The first-order chi connectivity index (χ1) is 30.5. The van der Waals surface area contributed by atoms with Crippen molar-refractivity contribution in [1.29, 1.82) is 0 Å². The predicted octanol–water partition coefficient (Wildman–Crippen LogP) is 16.9. The second-order valence-corrected chi connectivity index (χ2v) is 19.3. The maximum absolute atomic E-state index is 12.5. The van der Waals surface area contributed by atoms with Gasteiger partial charge in [0.25, 0.3) is 0 Å². The van der Waals surface area contributed by atoms with Crippen LogP contribution in [0.3, 0.4) is 0 Å². The van der Waals surface area contributed by atoms with Crippen molar-refractivity contribution in [3.8, 4) is 0 Å². The Balaban J connectivity index is 3.47. The highest BCUT2D eigenvalue weighted by Gasteiger charge is 2.20. The quantitative estimate of drug-likeness (QED) is 0.0321. The van der Waals surface area contributed by atoms with E-state index in [2.05, 4.69) is 31.3 Å². The van der Waals surface area contributed by atoms with Gasteiger partial charge in [0.15, 0.2) is 0 Å². The fourth-order valence-electron chi connectivity index (χ4n) is 8.75. The number of esters is 1. The highest BCUT2D eigenvalue weighted by atomic mass is 16.5. The number of ether oxygens (including phenoxy) is 1. The number of rotatable bonds is 52. The Hall–Kier alpha value is -1.40. The molecule has 1 amide bonds. The maximum atomic E-state index is 12.5. The van der Waals surface area contributed by atoms with E-state index in [1.54, 1.807) is 0 Å². The number of hydrogen-bond acceptors (Lipinski definition) is 5. The van der Waals surface area contributed by atoms with Crippen LogP contribution in [-0.4, -0.2) is 47.4 Å². The average molecular weight is 876 g/mol. The van der Waals surface area contributed by atoms with Gasteiger partial charge in [-0.2, -0.15) is 0 Å². The van der Waals surface area contributed by atoms with Gasteiger partial charge >= 0.3 is 5.97 Å². The Labute approximate surface area is 387 Å². The summed E-state index contributed by atoms with van der Waals surface area (Å²) in [6.45, 7) is 4.90. The third kappa shape index (κ3) is 48.1. The Bertz CT molecular complexity index is 924. The highest BCUT2D eigenvalue weighted by molar-refractivity contribution is 5.76. The average Bonchev–Trinajstić information content (AvgIpc) is 3.27. The molecule has 6 heteroatoms. The highest BCUT2D eigenvalue weighted by Crippen LogP contribution is 2.17. The van der Waals surface area contributed by atoms with Crippen LogP contribution in [0.25, 0.3) is 0 Å². The van der Waals surface area contributed by atoms with E-state index in [0.717, 1.165) is 57.8 Å². The van der Waals surface area contributed by atoms with E-state index >= 15 is 0 Å². The van der Waals surface area contributed by atoms with E-state index in [-0.39, 0.29) is 18.5 Å². The first-order valence-electron chi connectivity index (χ1n) is 27.9.